The number of rotatable bonds is 4. The molecule has 0 fully saturated rings. The average Bonchev–Trinajstić information content (AvgIpc) is 2.82. The van der Waals surface area contributed by atoms with Crippen molar-refractivity contribution in [1.82, 2.24) is 5.06 Å². The van der Waals surface area contributed by atoms with Gasteiger partial charge in [-0.2, -0.15) is 8.78 Å². The van der Waals surface area contributed by atoms with E-state index in [2.05, 4.69) is 4.74 Å². The Hall–Kier alpha value is -3.36. The van der Waals surface area contributed by atoms with E-state index >= 15 is 0 Å². The summed E-state index contributed by atoms with van der Waals surface area (Å²) >= 11 is 0. The van der Waals surface area contributed by atoms with Gasteiger partial charge in [0.25, 0.3) is 11.8 Å². The molecule has 0 saturated heterocycles. The van der Waals surface area contributed by atoms with Crippen molar-refractivity contribution >= 4 is 17.8 Å². The van der Waals surface area contributed by atoms with E-state index in [-0.39, 0.29) is 16.2 Å². The summed E-state index contributed by atoms with van der Waals surface area (Å²) in [7, 11) is 0. The van der Waals surface area contributed by atoms with Crippen LogP contribution in [0, 0.1) is 5.82 Å². The third-order valence-corrected chi connectivity index (χ3v) is 3.31. The van der Waals surface area contributed by atoms with Crippen molar-refractivity contribution in [1.29, 1.82) is 0 Å². The lowest BCUT2D eigenvalue weighted by atomic mass is 10.1. The van der Waals surface area contributed by atoms with E-state index in [1.807, 2.05) is 0 Å². The van der Waals surface area contributed by atoms with Crippen LogP contribution in [0.2, 0.25) is 0 Å². The molecule has 2 aromatic rings. The molecule has 2 amide bonds. The van der Waals surface area contributed by atoms with Crippen LogP contribution in [-0.2, 0) is 4.84 Å². The summed E-state index contributed by atoms with van der Waals surface area (Å²) in [6.07, 6.45) is 0. The topological polar surface area (TPSA) is 72.9 Å². The summed E-state index contributed by atoms with van der Waals surface area (Å²) in [5.74, 6) is -4.87. The van der Waals surface area contributed by atoms with E-state index in [4.69, 9.17) is 4.84 Å². The molecule has 0 aliphatic carbocycles. The lowest BCUT2D eigenvalue weighted by Crippen LogP contribution is -2.32. The zero-order valence-corrected chi connectivity index (χ0v) is 12.2. The summed E-state index contributed by atoms with van der Waals surface area (Å²) < 4.78 is 41.7. The predicted molar refractivity (Wildman–Crippen MR) is 75.4 cm³/mol. The summed E-state index contributed by atoms with van der Waals surface area (Å²) in [5.41, 5.74) is -0.269. The fourth-order valence-electron chi connectivity index (χ4n) is 2.21. The van der Waals surface area contributed by atoms with Crippen LogP contribution >= 0.6 is 0 Å². The van der Waals surface area contributed by atoms with Gasteiger partial charge in [0.05, 0.1) is 16.7 Å². The number of halogens is 3. The highest BCUT2D eigenvalue weighted by Crippen LogP contribution is 2.25. The Bertz CT molecular complexity index is 849. The molecule has 0 radical (unpaired) electrons. The maximum atomic E-state index is 13.6. The second kappa shape index (κ2) is 6.27. The number of hydrogen-bond acceptors (Lipinski definition) is 5. The normalized spacial score (nSPS) is 13.2. The molecule has 128 valence electrons. The fourth-order valence-corrected chi connectivity index (χ4v) is 2.21. The molecule has 0 unspecified atom stereocenters. The Morgan fingerprint density at radius 3 is 2.12 bits per heavy atom. The van der Waals surface area contributed by atoms with Gasteiger partial charge >= 0.3 is 12.6 Å². The first-order valence-electron chi connectivity index (χ1n) is 6.83. The van der Waals surface area contributed by atoms with Crippen molar-refractivity contribution in [3.63, 3.8) is 0 Å². The van der Waals surface area contributed by atoms with Gasteiger partial charge in [-0.05, 0) is 30.3 Å². The molecule has 3 rings (SSSR count). The van der Waals surface area contributed by atoms with Gasteiger partial charge in [0, 0.05) is 0 Å². The van der Waals surface area contributed by atoms with Crippen molar-refractivity contribution < 1.29 is 37.1 Å². The van der Waals surface area contributed by atoms with Crippen LogP contribution < -0.4 is 4.74 Å². The Morgan fingerprint density at radius 2 is 1.60 bits per heavy atom. The van der Waals surface area contributed by atoms with Gasteiger partial charge in [0.15, 0.2) is 11.6 Å². The number of amides is 2. The molecule has 25 heavy (non-hydrogen) atoms. The van der Waals surface area contributed by atoms with Crippen molar-refractivity contribution in [2.75, 3.05) is 0 Å². The van der Waals surface area contributed by atoms with E-state index in [1.54, 1.807) is 0 Å². The molecule has 6 nitrogen and oxygen atoms in total. The van der Waals surface area contributed by atoms with Gasteiger partial charge in [-0.25, -0.2) is 9.18 Å². The van der Waals surface area contributed by atoms with Crippen LogP contribution in [0.3, 0.4) is 0 Å². The summed E-state index contributed by atoms with van der Waals surface area (Å²) in [6.45, 7) is -3.23. The van der Waals surface area contributed by atoms with Crippen molar-refractivity contribution in [3.8, 4) is 5.75 Å². The van der Waals surface area contributed by atoms with Gasteiger partial charge in [0.2, 0.25) is 0 Å². The molecule has 1 aliphatic heterocycles. The first kappa shape index (κ1) is 16.5. The van der Waals surface area contributed by atoms with Crippen LogP contribution in [0.4, 0.5) is 13.2 Å². The lowest BCUT2D eigenvalue weighted by molar-refractivity contribution is -0.0586. The van der Waals surface area contributed by atoms with Crippen LogP contribution in [0.15, 0.2) is 42.5 Å². The SMILES string of the molecule is O=C(ON1C(=O)c2ccccc2C1=O)c1ccc(OC(F)F)c(F)c1. The predicted octanol–water partition coefficient (Wildman–Crippen LogP) is 2.80. The van der Waals surface area contributed by atoms with Gasteiger partial charge in [-0.3, -0.25) is 9.59 Å². The van der Waals surface area contributed by atoms with Crippen LogP contribution in [0.25, 0.3) is 0 Å². The van der Waals surface area contributed by atoms with Gasteiger partial charge < -0.3 is 9.57 Å². The Balaban J connectivity index is 1.78. The second-order valence-corrected chi connectivity index (χ2v) is 4.85. The number of nitrogens with zero attached hydrogens (tertiary/aromatic N) is 1. The highest BCUT2D eigenvalue weighted by atomic mass is 19.3. The Kier molecular flexibility index (Phi) is 4.14. The van der Waals surface area contributed by atoms with Gasteiger partial charge in [-0.15, -0.1) is 0 Å². The third-order valence-electron chi connectivity index (χ3n) is 3.31. The second-order valence-electron chi connectivity index (χ2n) is 4.85. The molecule has 0 aromatic heterocycles. The number of hydroxylamine groups is 2. The number of alkyl halides is 2. The largest absolute Gasteiger partial charge is 0.432 e. The van der Waals surface area contributed by atoms with Gasteiger partial charge in [0.1, 0.15) is 0 Å². The zero-order chi connectivity index (χ0) is 18.1. The fraction of sp³-hybridized carbons (Fsp3) is 0.0625. The maximum absolute atomic E-state index is 13.6. The van der Waals surface area contributed by atoms with Crippen molar-refractivity contribution in [2.45, 2.75) is 6.61 Å². The van der Waals surface area contributed by atoms with Crippen molar-refractivity contribution in [3.05, 3.63) is 65.0 Å². The molecule has 1 heterocycles. The van der Waals surface area contributed by atoms with Crippen molar-refractivity contribution in [2.24, 2.45) is 0 Å². The van der Waals surface area contributed by atoms with Crippen LogP contribution in [-0.4, -0.2) is 29.5 Å². The summed E-state index contributed by atoms with van der Waals surface area (Å²) in [6, 6.07) is 8.21. The van der Waals surface area contributed by atoms with E-state index in [1.165, 1.54) is 24.3 Å². The highest BCUT2D eigenvalue weighted by molar-refractivity contribution is 6.21. The monoisotopic (exact) mass is 351 g/mol. The number of fused-ring (bicyclic) bond motifs is 1. The smallest absolute Gasteiger partial charge is 0.387 e. The minimum atomic E-state index is -3.23. The number of carbonyl (C=O) groups excluding carboxylic acids is 3. The molecule has 2 aromatic carbocycles. The minimum Gasteiger partial charge on any atom is -0.432 e. The molecule has 0 spiro atoms. The number of hydrogen-bond donors (Lipinski definition) is 0. The van der Waals surface area contributed by atoms with Crippen LogP contribution in [0.5, 0.6) is 5.75 Å². The molecule has 1 aliphatic rings. The Labute approximate surface area is 138 Å². The molecule has 0 bridgehead atoms. The standard InChI is InChI=1S/C16H8F3NO5/c17-11-7-8(5-6-12(11)24-16(18)19)15(23)25-20-13(21)9-3-1-2-4-10(9)14(20)22/h1-7,16H. The maximum Gasteiger partial charge on any atom is 0.387 e. The summed E-state index contributed by atoms with van der Waals surface area (Å²) in [4.78, 5) is 40.9. The lowest BCUT2D eigenvalue weighted by Gasteiger charge is -2.13. The molecule has 9 heteroatoms. The minimum absolute atomic E-state index is 0.0622. The number of imide groups is 1. The molecular formula is C16H8F3NO5. The molecule has 0 saturated carbocycles. The third kappa shape index (κ3) is 3.03. The molecule has 0 atom stereocenters. The molecular weight excluding hydrogens is 343 g/mol. The van der Waals surface area contributed by atoms with E-state index in [9.17, 15) is 27.6 Å². The quantitative estimate of drug-likeness (QED) is 0.792. The first-order chi connectivity index (χ1) is 11.9. The van der Waals surface area contributed by atoms with E-state index in [0.717, 1.165) is 12.1 Å². The van der Waals surface area contributed by atoms with E-state index < -0.39 is 41.5 Å². The van der Waals surface area contributed by atoms with Crippen LogP contribution in [0.1, 0.15) is 31.1 Å². The number of ether oxygens (including phenoxy) is 1. The average molecular weight is 351 g/mol. The summed E-state index contributed by atoms with van der Waals surface area (Å²) in [5, 5.41) is 0.258. The van der Waals surface area contributed by atoms with E-state index in [0.29, 0.717) is 6.07 Å². The number of benzene rings is 2. The first-order valence-corrected chi connectivity index (χ1v) is 6.83. The number of carbonyl (C=O) groups is 3. The Morgan fingerprint density at radius 1 is 1.00 bits per heavy atom. The zero-order valence-electron chi connectivity index (χ0n) is 12.2. The van der Waals surface area contributed by atoms with Gasteiger partial charge in [-0.1, -0.05) is 17.2 Å². The molecule has 0 N–H and O–H groups in total. The highest BCUT2D eigenvalue weighted by Gasteiger charge is 2.38.